The molecule has 3 fully saturated rings. The predicted molar refractivity (Wildman–Crippen MR) is 177 cm³/mol. The first-order valence-corrected chi connectivity index (χ1v) is 17.9. The normalized spacial score (nSPS) is 40.5. The van der Waals surface area contributed by atoms with Crippen LogP contribution in [0.25, 0.3) is 0 Å². The molecule has 282 valence electrons. The van der Waals surface area contributed by atoms with E-state index in [0.717, 1.165) is 38.5 Å². The summed E-state index contributed by atoms with van der Waals surface area (Å²) in [5.74, 6) is -0.0404. The van der Waals surface area contributed by atoms with Crippen molar-refractivity contribution in [1.82, 2.24) is 4.90 Å². The van der Waals surface area contributed by atoms with Gasteiger partial charge in [0.25, 0.3) is 0 Å². The van der Waals surface area contributed by atoms with Crippen LogP contribution in [0.2, 0.25) is 0 Å². The second-order valence-corrected chi connectivity index (χ2v) is 13.8. The maximum Gasteiger partial charge on any atom is 0.222 e. The third kappa shape index (κ3) is 10.7. The fourth-order valence-electron chi connectivity index (χ4n) is 6.72. The Balaban J connectivity index is 1.67. The van der Waals surface area contributed by atoms with Gasteiger partial charge in [-0.25, -0.2) is 0 Å². The smallest absolute Gasteiger partial charge is 0.222 e. The lowest BCUT2D eigenvalue weighted by atomic mass is 9.84. The first kappa shape index (κ1) is 41.3. The second kappa shape index (κ2) is 20.1. The monoisotopic (exact) mass is 692 g/mol. The van der Waals surface area contributed by atoms with E-state index in [1.165, 1.54) is 19.3 Å². The van der Waals surface area contributed by atoms with Crippen molar-refractivity contribution < 1.29 is 49.3 Å². The molecular weight excluding hydrogens is 628 g/mol. The SMILES string of the molecule is CCCCCCCCCC(=O)N(CCCC)C[C@H]1O[C@H](O[C@@H]2[C@@H](O)[C@H](O[C@H]3O[C@H](CN)[C@@H](O)[C@H](O)[C@H]3N)[C@@H](N)C[C@H]2N)[C@H](O)[C@@H](N)[C@@H]1O. The molecule has 3 rings (SSSR count). The van der Waals surface area contributed by atoms with Gasteiger partial charge in [0.2, 0.25) is 5.91 Å². The fourth-order valence-corrected chi connectivity index (χ4v) is 6.72. The highest BCUT2D eigenvalue weighted by atomic mass is 16.7. The lowest BCUT2D eigenvalue weighted by Gasteiger charge is -2.48. The van der Waals surface area contributed by atoms with Gasteiger partial charge >= 0.3 is 0 Å². The molecule has 1 aliphatic carbocycles. The lowest BCUT2D eigenvalue weighted by Crippen LogP contribution is -2.69. The molecule has 0 unspecified atom stereocenters. The molecule has 2 heterocycles. The molecule has 15 N–H and O–H groups in total. The molecule has 16 heteroatoms. The van der Waals surface area contributed by atoms with Gasteiger partial charge in [0.15, 0.2) is 12.6 Å². The van der Waals surface area contributed by atoms with E-state index in [4.69, 9.17) is 47.6 Å². The molecule has 1 amide bonds. The van der Waals surface area contributed by atoms with Crippen molar-refractivity contribution in [3.63, 3.8) is 0 Å². The van der Waals surface area contributed by atoms with E-state index in [1.807, 2.05) is 6.92 Å². The van der Waals surface area contributed by atoms with E-state index in [9.17, 15) is 30.3 Å². The van der Waals surface area contributed by atoms with Crippen molar-refractivity contribution in [3.8, 4) is 0 Å². The van der Waals surface area contributed by atoms with Gasteiger partial charge in [-0.1, -0.05) is 58.8 Å². The van der Waals surface area contributed by atoms with Crippen molar-refractivity contribution in [2.45, 2.75) is 176 Å². The number of hydrogen-bond acceptors (Lipinski definition) is 15. The van der Waals surface area contributed by atoms with Crippen LogP contribution in [0.3, 0.4) is 0 Å². The van der Waals surface area contributed by atoms with Crippen LogP contribution in [0.5, 0.6) is 0 Å². The summed E-state index contributed by atoms with van der Waals surface area (Å²) >= 11 is 0. The second-order valence-electron chi connectivity index (χ2n) is 13.8. The Labute approximate surface area is 284 Å². The number of ether oxygens (including phenoxy) is 4. The molecular formula is C32H64N6O10. The first-order valence-electron chi connectivity index (χ1n) is 17.9. The number of nitrogens with zero attached hydrogens (tertiary/aromatic N) is 1. The van der Waals surface area contributed by atoms with Crippen LogP contribution in [0.15, 0.2) is 0 Å². The zero-order valence-corrected chi connectivity index (χ0v) is 28.7. The Kier molecular flexibility index (Phi) is 17.3. The zero-order valence-electron chi connectivity index (χ0n) is 28.7. The van der Waals surface area contributed by atoms with Gasteiger partial charge in [0.1, 0.15) is 48.8 Å². The molecule has 0 aromatic carbocycles. The average molecular weight is 693 g/mol. The fraction of sp³-hybridized carbons (Fsp3) is 0.969. The number of carbonyl (C=O) groups excluding carboxylic acids is 1. The Morgan fingerprint density at radius 1 is 0.688 bits per heavy atom. The summed E-state index contributed by atoms with van der Waals surface area (Å²) < 4.78 is 23.8. The summed E-state index contributed by atoms with van der Waals surface area (Å²) in [6.07, 6.45) is -4.19. The Morgan fingerprint density at radius 2 is 1.25 bits per heavy atom. The molecule has 16 nitrogen and oxygen atoms in total. The summed E-state index contributed by atoms with van der Waals surface area (Å²) in [4.78, 5) is 14.9. The van der Waals surface area contributed by atoms with Gasteiger partial charge in [-0.3, -0.25) is 4.79 Å². The zero-order chi connectivity index (χ0) is 35.5. The first-order chi connectivity index (χ1) is 22.9. The number of carbonyl (C=O) groups is 1. The quantitative estimate of drug-likeness (QED) is 0.0662. The Morgan fingerprint density at radius 3 is 1.85 bits per heavy atom. The number of nitrogens with two attached hydrogens (primary N) is 5. The van der Waals surface area contributed by atoms with E-state index >= 15 is 0 Å². The molecule has 48 heavy (non-hydrogen) atoms. The van der Waals surface area contributed by atoms with Crippen molar-refractivity contribution in [2.75, 3.05) is 19.6 Å². The van der Waals surface area contributed by atoms with Crippen molar-refractivity contribution in [3.05, 3.63) is 0 Å². The minimum atomic E-state index is -1.49. The van der Waals surface area contributed by atoms with Gasteiger partial charge in [0, 0.05) is 38.1 Å². The molecule has 3 aliphatic rings. The summed E-state index contributed by atoms with van der Waals surface area (Å²) in [6, 6.07) is -3.97. The van der Waals surface area contributed by atoms with E-state index in [1.54, 1.807) is 4.90 Å². The molecule has 0 aromatic rings. The van der Waals surface area contributed by atoms with Gasteiger partial charge in [-0.2, -0.15) is 0 Å². The topological polar surface area (TPSA) is 288 Å². The van der Waals surface area contributed by atoms with Crippen molar-refractivity contribution in [1.29, 1.82) is 0 Å². The summed E-state index contributed by atoms with van der Waals surface area (Å²) in [5, 5.41) is 53.9. The third-order valence-corrected chi connectivity index (χ3v) is 9.91. The van der Waals surface area contributed by atoms with Gasteiger partial charge in [0.05, 0.1) is 18.2 Å². The molecule has 1 saturated carbocycles. The molecule has 2 aliphatic heterocycles. The number of aliphatic hydroxyl groups excluding tert-OH is 5. The van der Waals surface area contributed by atoms with E-state index in [0.29, 0.717) is 13.0 Å². The summed E-state index contributed by atoms with van der Waals surface area (Å²) in [6.45, 7) is 4.61. The van der Waals surface area contributed by atoms with Crippen molar-refractivity contribution in [2.24, 2.45) is 28.7 Å². The van der Waals surface area contributed by atoms with Crippen molar-refractivity contribution >= 4 is 5.91 Å². The molecule has 0 radical (unpaired) electrons. The van der Waals surface area contributed by atoms with Crippen LogP contribution in [0, 0.1) is 0 Å². The van der Waals surface area contributed by atoms with Gasteiger partial charge in [-0.05, 0) is 19.3 Å². The molecule has 0 aromatic heterocycles. The van der Waals surface area contributed by atoms with Crippen LogP contribution in [0.4, 0.5) is 0 Å². The standard InChI is InChI=1S/C32H64N6O10/c1-3-5-7-8-9-10-11-12-21(39)38(13-6-4-2)16-20-24(40)22(36)27(43)32(46-20)48-30-18(35)14-17(34)29(28(30)44)47-31-23(37)26(42)25(41)19(15-33)45-31/h17-20,22-32,40-44H,3-16,33-37H2,1-2H3/t17-,18+,19+,20+,22-,23+,24+,25+,26+,27+,28-,29+,30-,31+,32+/m0/s1. The number of hydrogen-bond donors (Lipinski definition) is 10. The van der Waals surface area contributed by atoms with Crippen LogP contribution in [0.1, 0.15) is 84.5 Å². The molecule has 0 bridgehead atoms. The molecule has 0 spiro atoms. The number of aliphatic hydroxyl groups is 5. The largest absolute Gasteiger partial charge is 0.389 e. The van der Waals surface area contributed by atoms with Crippen LogP contribution in [-0.4, -0.2) is 148 Å². The van der Waals surface area contributed by atoms with Gasteiger partial charge < -0.3 is 78.0 Å². The lowest BCUT2D eigenvalue weighted by molar-refractivity contribution is -0.317. The minimum absolute atomic E-state index is 0.0404. The summed E-state index contributed by atoms with van der Waals surface area (Å²) in [7, 11) is 0. The third-order valence-electron chi connectivity index (χ3n) is 9.91. The van der Waals surface area contributed by atoms with E-state index in [-0.39, 0.29) is 25.4 Å². The molecule has 2 saturated heterocycles. The highest BCUT2D eigenvalue weighted by molar-refractivity contribution is 5.76. The van der Waals surface area contributed by atoms with Crippen LogP contribution >= 0.6 is 0 Å². The Bertz CT molecular complexity index is 942. The van der Waals surface area contributed by atoms with Crippen LogP contribution in [-0.2, 0) is 23.7 Å². The highest BCUT2D eigenvalue weighted by Gasteiger charge is 2.51. The van der Waals surface area contributed by atoms with E-state index in [2.05, 4.69) is 6.92 Å². The Hall–Kier alpha value is -1.09. The number of amides is 1. The number of rotatable bonds is 18. The predicted octanol–water partition coefficient (Wildman–Crippen LogP) is -2.55. The summed E-state index contributed by atoms with van der Waals surface area (Å²) in [5.41, 5.74) is 30.6. The maximum atomic E-state index is 13.3. The minimum Gasteiger partial charge on any atom is -0.389 e. The average Bonchev–Trinajstić information content (AvgIpc) is 3.06. The molecule has 15 atom stereocenters. The number of unbranched alkanes of at least 4 members (excludes halogenated alkanes) is 7. The van der Waals surface area contributed by atoms with E-state index < -0.39 is 91.7 Å². The maximum absolute atomic E-state index is 13.3. The van der Waals surface area contributed by atoms with Gasteiger partial charge in [-0.15, -0.1) is 0 Å². The van der Waals surface area contributed by atoms with Crippen LogP contribution < -0.4 is 28.7 Å². The highest BCUT2D eigenvalue weighted by Crippen LogP contribution is 2.31.